The zero-order chi connectivity index (χ0) is 20.9. The molecule has 0 aliphatic heterocycles. The largest absolute Gasteiger partial charge is 0.481 e. The number of ether oxygens (including phenoxy) is 1. The maximum Gasteiger partial charge on any atom is 0.262 e. The van der Waals surface area contributed by atoms with Gasteiger partial charge in [-0.25, -0.2) is 17.2 Å². The maximum absolute atomic E-state index is 13.5. The molecule has 1 N–H and O–H groups in total. The molecule has 0 aromatic heterocycles. The van der Waals surface area contributed by atoms with Gasteiger partial charge in [0.05, 0.1) is 15.6 Å². The van der Waals surface area contributed by atoms with E-state index in [0.29, 0.717) is 19.2 Å². The minimum absolute atomic E-state index is 0.0265. The van der Waals surface area contributed by atoms with Crippen LogP contribution in [0.1, 0.15) is 13.8 Å². The molecular formula is C18H19ClF2N2O4S. The molecule has 2 rings (SSSR count). The van der Waals surface area contributed by atoms with Gasteiger partial charge in [-0.2, -0.15) is 4.31 Å². The summed E-state index contributed by atoms with van der Waals surface area (Å²) in [6.45, 7) is 3.43. The minimum Gasteiger partial charge on any atom is -0.481 e. The Hall–Kier alpha value is -2.23. The topological polar surface area (TPSA) is 75.7 Å². The van der Waals surface area contributed by atoms with Gasteiger partial charge in [-0.1, -0.05) is 25.4 Å². The normalized spacial score (nSPS) is 11.5. The first-order valence-electron chi connectivity index (χ1n) is 8.36. The number of sulfonamides is 1. The summed E-state index contributed by atoms with van der Waals surface area (Å²) in [5.74, 6) is -2.70. The van der Waals surface area contributed by atoms with Crippen molar-refractivity contribution >= 4 is 33.2 Å². The van der Waals surface area contributed by atoms with E-state index in [-0.39, 0.29) is 21.4 Å². The molecule has 0 heterocycles. The molecule has 2 aromatic rings. The number of nitrogens with zero attached hydrogens (tertiary/aromatic N) is 1. The first-order chi connectivity index (χ1) is 13.2. The second-order valence-corrected chi connectivity index (χ2v) is 7.99. The summed E-state index contributed by atoms with van der Waals surface area (Å²) in [6.07, 6.45) is 0. The zero-order valence-electron chi connectivity index (χ0n) is 15.2. The van der Waals surface area contributed by atoms with E-state index in [1.165, 1.54) is 22.5 Å². The van der Waals surface area contributed by atoms with Crippen LogP contribution in [-0.4, -0.2) is 38.3 Å². The Morgan fingerprint density at radius 1 is 1.14 bits per heavy atom. The molecule has 10 heteroatoms. The van der Waals surface area contributed by atoms with E-state index in [9.17, 15) is 22.0 Å². The van der Waals surface area contributed by atoms with Gasteiger partial charge in [0.1, 0.15) is 5.82 Å². The van der Waals surface area contributed by atoms with E-state index in [2.05, 4.69) is 5.32 Å². The fraction of sp³-hybridized carbons (Fsp3) is 0.278. The van der Waals surface area contributed by atoms with E-state index in [1.807, 2.05) is 0 Å². The number of hydrogen-bond acceptors (Lipinski definition) is 4. The lowest BCUT2D eigenvalue weighted by atomic mass is 10.3. The molecule has 2 aromatic carbocycles. The van der Waals surface area contributed by atoms with Gasteiger partial charge in [-0.05, 0) is 30.3 Å². The van der Waals surface area contributed by atoms with Crippen LogP contribution in [0.2, 0.25) is 5.02 Å². The molecule has 0 bridgehead atoms. The third kappa shape index (κ3) is 5.18. The van der Waals surface area contributed by atoms with E-state index in [4.69, 9.17) is 16.3 Å². The fourth-order valence-corrected chi connectivity index (χ4v) is 4.04. The summed E-state index contributed by atoms with van der Waals surface area (Å²) in [5.41, 5.74) is 0.0723. The molecule has 0 aliphatic carbocycles. The molecule has 1 amide bonds. The highest BCUT2D eigenvalue weighted by atomic mass is 35.5. The van der Waals surface area contributed by atoms with Gasteiger partial charge in [0.2, 0.25) is 10.0 Å². The Labute approximate surface area is 167 Å². The van der Waals surface area contributed by atoms with Crippen molar-refractivity contribution in [2.75, 3.05) is 25.0 Å². The summed E-state index contributed by atoms with van der Waals surface area (Å²) in [5, 5.41) is 2.55. The zero-order valence-corrected chi connectivity index (χ0v) is 16.8. The first kappa shape index (κ1) is 22.1. The van der Waals surface area contributed by atoms with Crippen LogP contribution in [0, 0.1) is 11.6 Å². The quantitative estimate of drug-likeness (QED) is 0.690. The minimum atomic E-state index is -3.73. The SMILES string of the molecule is CCN(CC)S(=O)(=O)c1ccc(Cl)c(NC(=O)COc2ccc(F)cc2F)c1. The molecule has 0 fully saturated rings. The number of rotatable bonds is 8. The van der Waals surface area contributed by atoms with Crippen LogP contribution in [-0.2, 0) is 14.8 Å². The number of anilines is 1. The monoisotopic (exact) mass is 432 g/mol. The summed E-state index contributed by atoms with van der Waals surface area (Å²) in [7, 11) is -3.73. The van der Waals surface area contributed by atoms with Crippen molar-refractivity contribution in [2.24, 2.45) is 0 Å². The molecule has 0 saturated carbocycles. The Morgan fingerprint density at radius 3 is 2.43 bits per heavy atom. The third-order valence-electron chi connectivity index (χ3n) is 3.81. The van der Waals surface area contributed by atoms with Gasteiger partial charge in [-0.15, -0.1) is 0 Å². The Morgan fingerprint density at radius 2 is 1.82 bits per heavy atom. The van der Waals surface area contributed by atoms with Crippen molar-refractivity contribution in [2.45, 2.75) is 18.7 Å². The van der Waals surface area contributed by atoms with Gasteiger partial charge in [0.25, 0.3) is 5.91 Å². The molecule has 152 valence electrons. The lowest BCUT2D eigenvalue weighted by Crippen LogP contribution is -2.30. The van der Waals surface area contributed by atoms with Crippen molar-refractivity contribution in [1.82, 2.24) is 4.31 Å². The first-order valence-corrected chi connectivity index (χ1v) is 10.2. The molecule has 0 unspecified atom stereocenters. The Balaban J connectivity index is 2.14. The van der Waals surface area contributed by atoms with Crippen LogP contribution in [0.15, 0.2) is 41.3 Å². The number of hydrogen-bond donors (Lipinski definition) is 1. The summed E-state index contributed by atoms with van der Waals surface area (Å²) in [6, 6.07) is 6.62. The summed E-state index contributed by atoms with van der Waals surface area (Å²) in [4.78, 5) is 12.0. The fourth-order valence-electron chi connectivity index (χ4n) is 2.40. The molecule has 0 aliphatic rings. The van der Waals surface area contributed by atoms with Crippen LogP contribution < -0.4 is 10.1 Å². The number of nitrogens with one attached hydrogen (secondary N) is 1. The van der Waals surface area contributed by atoms with Crippen LogP contribution >= 0.6 is 11.6 Å². The Kier molecular flexibility index (Phi) is 7.34. The number of halogens is 3. The summed E-state index contributed by atoms with van der Waals surface area (Å²) < 4.78 is 57.9. The predicted molar refractivity (Wildman–Crippen MR) is 102 cm³/mol. The lowest BCUT2D eigenvalue weighted by Gasteiger charge is -2.19. The Bertz CT molecular complexity index is 966. The second-order valence-electron chi connectivity index (χ2n) is 5.64. The molecular weight excluding hydrogens is 414 g/mol. The highest BCUT2D eigenvalue weighted by Gasteiger charge is 2.23. The average molecular weight is 433 g/mol. The third-order valence-corrected chi connectivity index (χ3v) is 6.18. The molecule has 0 atom stereocenters. The molecule has 0 spiro atoms. The van der Waals surface area contributed by atoms with Crippen LogP contribution in [0.25, 0.3) is 0 Å². The van der Waals surface area contributed by atoms with Gasteiger partial charge in [0.15, 0.2) is 18.2 Å². The van der Waals surface area contributed by atoms with E-state index in [0.717, 1.165) is 12.1 Å². The highest BCUT2D eigenvalue weighted by molar-refractivity contribution is 7.89. The van der Waals surface area contributed by atoms with E-state index in [1.54, 1.807) is 13.8 Å². The van der Waals surface area contributed by atoms with Crippen molar-refractivity contribution < 1.29 is 26.7 Å². The smallest absolute Gasteiger partial charge is 0.262 e. The van der Waals surface area contributed by atoms with Gasteiger partial charge >= 0.3 is 0 Å². The maximum atomic E-state index is 13.5. The predicted octanol–water partition coefficient (Wildman–Crippen LogP) is 3.67. The molecule has 28 heavy (non-hydrogen) atoms. The number of benzene rings is 2. The van der Waals surface area contributed by atoms with Crippen molar-refractivity contribution in [1.29, 1.82) is 0 Å². The molecule has 0 saturated heterocycles. The lowest BCUT2D eigenvalue weighted by molar-refractivity contribution is -0.118. The van der Waals surface area contributed by atoms with Crippen molar-refractivity contribution in [3.05, 3.63) is 53.1 Å². The van der Waals surface area contributed by atoms with Crippen molar-refractivity contribution in [3.8, 4) is 5.75 Å². The van der Waals surface area contributed by atoms with Crippen LogP contribution in [0.4, 0.5) is 14.5 Å². The van der Waals surface area contributed by atoms with Gasteiger partial charge in [0, 0.05) is 19.2 Å². The number of carbonyl (C=O) groups is 1. The standard InChI is InChI=1S/C18H19ClF2N2O4S/c1-3-23(4-2)28(25,26)13-6-7-14(19)16(10-13)22-18(24)11-27-17-8-5-12(20)9-15(17)21/h5-10H,3-4,11H2,1-2H3,(H,22,24). The molecule has 6 nitrogen and oxygen atoms in total. The molecule has 0 radical (unpaired) electrons. The van der Waals surface area contributed by atoms with Gasteiger partial charge < -0.3 is 10.1 Å². The van der Waals surface area contributed by atoms with Crippen LogP contribution in [0.5, 0.6) is 5.75 Å². The van der Waals surface area contributed by atoms with E-state index < -0.39 is 34.2 Å². The van der Waals surface area contributed by atoms with E-state index >= 15 is 0 Å². The van der Waals surface area contributed by atoms with Crippen LogP contribution in [0.3, 0.4) is 0 Å². The number of amides is 1. The van der Waals surface area contributed by atoms with Gasteiger partial charge in [-0.3, -0.25) is 4.79 Å². The second kappa shape index (κ2) is 9.31. The van der Waals surface area contributed by atoms with Crippen molar-refractivity contribution in [3.63, 3.8) is 0 Å². The average Bonchev–Trinajstić information content (AvgIpc) is 2.63. The number of carbonyl (C=O) groups excluding carboxylic acids is 1. The summed E-state index contributed by atoms with van der Waals surface area (Å²) >= 11 is 6.03. The highest BCUT2D eigenvalue weighted by Crippen LogP contribution is 2.27.